The minimum atomic E-state index is -4.43. The summed E-state index contributed by atoms with van der Waals surface area (Å²) in [7, 11) is 0. The second-order valence-electron chi connectivity index (χ2n) is 5.37. The van der Waals surface area contributed by atoms with Crippen molar-refractivity contribution in [3.63, 3.8) is 0 Å². The van der Waals surface area contributed by atoms with E-state index in [9.17, 15) is 23.2 Å². The first kappa shape index (κ1) is 16.5. The van der Waals surface area contributed by atoms with Crippen LogP contribution in [-0.4, -0.2) is 10.8 Å². The average Bonchev–Trinajstić information content (AvgIpc) is 3.03. The summed E-state index contributed by atoms with van der Waals surface area (Å²) in [6.45, 7) is 0. The van der Waals surface area contributed by atoms with Crippen molar-refractivity contribution in [1.29, 1.82) is 5.26 Å². The maximum atomic E-state index is 12.6. The Hall–Kier alpha value is -3.33. The molecule has 25 heavy (non-hydrogen) atoms. The predicted molar refractivity (Wildman–Crippen MR) is 87.7 cm³/mol. The summed E-state index contributed by atoms with van der Waals surface area (Å²) < 4.78 is 37.8. The highest BCUT2D eigenvalue weighted by Gasteiger charge is 2.29. The number of benzene rings is 2. The Balaban J connectivity index is 1.95. The van der Waals surface area contributed by atoms with Gasteiger partial charge in [0.2, 0.25) is 5.78 Å². The molecule has 0 aliphatic rings. The maximum absolute atomic E-state index is 12.6. The van der Waals surface area contributed by atoms with Crippen LogP contribution in [0.4, 0.5) is 13.2 Å². The minimum absolute atomic E-state index is 0.149. The number of nitrogens with one attached hydrogen (secondary N) is 1. The Morgan fingerprint density at radius 3 is 2.40 bits per heavy atom. The smallest absolute Gasteiger partial charge is 0.360 e. The van der Waals surface area contributed by atoms with Gasteiger partial charge in [-0.25, -0.2) is 0 Å². The molecule has 6 heteroatoms. The number of alkyl halides is 3. The molecule has 0 fully saturated rings. The molecule has 0 aliphatic heterocycles. The third-order valence-corrected chi connectivity index (χ3v) is 3.75. The molecule has 0 unspecified atom stereocenters. The van der Waals surface area contributed by atoms with Crippen molar-refractivity contribution in [1.82, 2.24) is 4.98 Å². The largest absolute Gasteiger partial charge is 0.416 e. The number of aromatic nitrogens is 1. The molecule has 1 heterocycles. The Morgan fingerprint density at radius 2 is 1.76 bits per heavy atom. The SMILES string of the molecule is N#C/C(=C\c1ccc(C(F)(F)F)cc1)C(=O)c1c[nH]c2ccccc12. The molecule has 3 nitrogen and oxygen atoms in total. The average molecular weight is 340 g/mol. The molecule has 0 amide bonds. The molecule has 2 aromatic carbocycles. The lowest BCUT2D eigenvalue weighted by atomic mass is 10.0. The molecule has 0 bridgehead atoms. The third kappa shape index (κ3) is 3.31. The van der Waals surface area contributed by atoms with Crippen molar-refractivity contribution in [2.45, 2.75) is 6.18 Å². The first-order valence-corrected chi connectivity index (χ1v) is 7.30. The fourth-order valence-corrected chi connectivity index (χ4v) is 2.49. The van der Waals surface area contributed by atoms with Crippen molar-refractivity contribution in [2.24, 2.45) is 0 Å². The summed E-state index contributed by atoms with van der Waals surface area (Å²) in [4.78, 5) is 15.5. The van der Waals surface area contributed by atoms with E-state index in [1.807, 2.05) is 12.1 Å². The van der Waals surface area contributed by atoms with Crippen LogP contribution in [0.25, 0.3) is 17.0 Å². The molecule has 0 spiro atoms. The van der Waals surface area contributed by atoms with Crippen LogP contribution in [0, 0.1) is 11.3 Å². The van der Waals surface area contributed by atoms with Crippen LogP contribution in [0.2, 0.25) is 0 Å². The number of carbonyl (C=O) groups excluding carboxylic acids is 1. The first-order valence-electron chi connectivity index (χ1n) is 7.30. The van der Waals surface area contributed by atoms with E-state index in [0.29, 0.717) is 16.5 Å². The number of hydrogen-bond acceptors (Lipinski definition) is 2. The van der Waals surface area contributed by atoms with Gasteiger partial charge < -0.3 is 4.98 Å². The highest BCUT2D eigenvalue weighted by atomic mass is 19.4. The molecule has 1 N–H and O–H groups in total. The van der Waals surface area contributed by atoms with Gasteiger partial charge in [0, 0.05) is 22.7 Å². The van der Waals surface area contributed by atoms with E-state index in [2.05, 4.69) is 4.98 Å². The van der Waals surface area contributed by atoms with E-state index in [0.717, 1.165) is 17.6 Å². The molecular formula is C19H11F3N2O. The summed E-state index contributed by atoms with van der Waals surface area (Å²) in [6, 6.07) is 13.3. The second kappa shape index (κ2) is 6.29. The molecule has 0 aliphatic carbocycles. The molecule has 3 rings (SSSR count). The van der Waals surface area contributed by atoms with E-state index in [1.165, 1.54) is 24.4 Å². The number of rotatable bonds is 3. The fourth-order valence-electron chi connectivity index (χ4n) is 2.49. The molecule has 3 aromatic rings. The summed E-state index contributed by atoms with van der Waals surface area (Å²) in [6.07, 6.45) is -1.63. The van der Waals surface area contributed by atoms with Gasteiger partial charge in [-0.3, -0.25) is 4.79 Å². The number of allylic oxidation sites excluding steroid dienone is 1. The Morgan fingerprint density at radius 1 is 1.08 bits per heavy atom. The summed E-state index contributed by atoms with van der Waals surface area (Å²) in [5.41, 5.74) is 0.515. The van der Waals surface area contributed by atoms with Gasteiger partial charge in [-0.05, 0) is 29.8 Å². The van der Waals surface area contributed by atoms with Gasteiger partial charge in [-0.1, -0.05) is 30.3 Å². The summed E-state index contributed by atoms with van der Waals surface area (Å²) in [5, 5.41) is 9.96. The van der Waals surface area contributed by atoms with Crippen molar-refractivity contribution >= 4 is 22.8 Å². The number of nitriles is 1. The highest BCUT2D eigenvalue weighted by molar-refractivity contribution is 6.19. The molecule has 124 valence electrons. The van der Waals surface area contributed by atoms with Crippen LogP contribution in [0.15, 0.2) is 60.3 Å². The zero-order chi connectivity index (χ0) is 18.0. The van der Waals surface area contributed by atoms with Gasteiger partial charge in [0.25, 0.3) is 0 Å². The quantitative estimate of drug-likeness (QED) is 0.415. The monoisotopic (exact) mass is 340 g/mol. The predicted octanol–water partition coefficient (Wildman–Crippen LogP) is 4.98. The minimum Gasteiger partial charge on any atom is -0.360 e. The number of hydrogen-bond donors (Lipinski definition) is 1. The van der Waals surface area contributed by atoms with Gasteiger partial charge in [-0.15, -0.1) is 0 Å². The van der Waals surface area contributed by atoms with Crippen molar-refractivity contribution in [3.05, 3.63) is 77.0 Å². The van der Waals surface area contributed by atoms with E-state index in [1.54, 1.807) is 18.2 Å². The number of aromatic amines is 1. The van der Waals surface area contributed by atoms with Crippen LogP contribution in [0.3, 0.4) is 0 Å². The van der Waals surface area contributed by atoms with Gasteiger partial charge in [-0.2, -0.15) is 18.4 Å². The van der Waals surface area contributed by atoms with Gasteiger partial charge >= 0.3 is 6.18 Å². The van der Waals surface area contributed by atoms with Crippen LogP contribution in [0.1, 0.15) is 21.5 Å². The highest BCUT2D eigenvalue weighted by Crippen LogP contribution is 2.29. The molecule has 1 aromatic heterocycles. The topological polar surface area (TPSA) is 56.6 Å². The fraction of sp³-hybridized carbons (Fsp3) is 0.0526. The lowest BCUT2D eigenvalue weighted by molar-refractivity contribution is -0.137. The number of carbonyl (C=O) groups is 1. The van der Waals surface area contributed by atoms with Gasteiger partial charge in [0.05, 0.1) is 5.56 Å². The lowest BCUT2D eigenvalue weighted by Crippen LogP contribution is -2.04. The number of fused-ring (bicyclic) bond motifs is 1. The second-order valence-corrected chi connectivity index (χ2v) is 5.37. The zero-order valence-electron chi connectivity index (χ0n) is 12.8. The van der Waals surface area contributed by atoms with Crippen LogP contribution in [0.5, 0.6) is 0 Å². The van der Waals surface area contributed by atoms with Crippen LogP contribution < -0.4 is 0 Å². The molecule has 0 saturated carbocycles. The van der Waals surface area contributed by atoms with Crippen LogP contribution >= 0.6 is 0 Å². The van der Waals surface area contributed by atoms with Crippen LogP contribution in [-0.2, 0) is 6.18 Å². The first-order chi connectivity index (χ1) is 11.9. The van der Waals surface area contributed by atoms with E-state index < -0.39 is 17.5 Å². The zero-order valence-corrected chi connectivity index (χ0v) is 12.8. The normalized spacial score (nSPS) is 12.2. The molecule has 0 radical (unpaired) electrons. The van der Waals surface area contributed by atoms with Crippen molar-refractivity contribution in [3.8, 4) is 6.07 Å². The Labute approximate surface area is 141 Å². The van der Waals surface area contributed by atoms with E-state index >= 15 is 0 Å². The summed E-state index contributed by atoms with van der Waals surface area (Å²) >= 11 is 0. The Bertz CT molecular complexity index is 1010. The van der Waals surface area contributed by atoms with Gasteiger partial charge in [0.15, 0.2) is 0 Å². The Kier molecular flexibility index (Phi) is 4.15. The number of Topliss-reactive ketones (excluding diaryl/α,β-unsaturated/α-hetero) is 1. The summed E-state index contributed by atoms with van der Waals surface area (Å²) in [5.74, 6) is -0.486. The maximum Gasteiger partial charge on any atom is 0.416 e. The standard InChI is InChI=1S/C19H11F3N2O/c20-19(21,22)14-7-5-12(6-8-14)9-13(10-23)18(25)16-11-24-17-4-2-1-3-15(16)17/h1-9,11,24H/b13-9+. The van der Waals surface area contributed by atoms with E-state index in [4.69, 9.17) is 0 Å². The third-order valence-electron chi connectivity index (χ3n) is 3.75. The number of ketones is 1. The number of H-pyrrole nitrogens is 1. The number of halogens is 3. The number of nitrogens with zero attached hydrogens (tertiary/aromatic N) is 1. The van der Waals surface area contributed by atoms with Crippen molar-refractivity contribution in [2.75, 3.05) is 0 Å². The molecule has 0 atom stereocenters. The van der Waals surface area contributed by atoms with Crippen molar-refractivity contribution < 1.29 is 18.0 Å². The lowest BCUT2D eigenvalue weighted by Gasteiger charge is -2.06. The number of para-hydroxylation sites is 1. The molecular weight excluding hydrogens is 329 g/mol. The van der Waals surface area contributed by atoms with E-state index in [-0.39, 0.29) is 5.57 Å². The van der Waals surface area contributed by atoms with Gasteiger partial charge in [0.1, 0.15) is 11.6 Å². The molecule has 0 saturated heterocycles.